The SMILES string of the molecule is COc1ccc(C(NN)c2sccc2Br)cc1C. The van der Waals surface area contributed by atoms with Gasteiger partial charge in [-0.05, 0) is 51.5 Å². The van der Waals surface area contributed by atoms with Crippen molar-refractivity contribution in [3.8, 4) is 5.75 Å². The normalized spacial score (nSPS) is 12.4. The first-order chi connectivity index (χ1) is 8.67. The van der Waals surface area contributed by atoms with E-state index in [9.17, 15) is 0 Å². The highest BCUT2D eigenvalue weighted by atomic mass is 79.9. The molecule has 1 aromatic carbocycles. The molecule has 5 heteroatoms. The molecule has 1 unspecified atom stereocenters. The summed E-state index contributed by atoms with van der Waals surface area (Å²) in [5.41, 5.74) is 5.09. The molecule has 0 amide bonds. The predicted octanol–water partition coefficient (Wildman–Crippen LogP) is 3.38. The van der Waals surface area contributed by atoms with E-state index in [1.165, 1.54) is 4.88 Å². The molecule has 96 valence electrons. The van der Waals surface area contributed by atoms with Crippen LogP contribution in [-0.2, 0) is 0 Å². The molecule has 0 saturated heterocycles. The number of halogens is 1. The Bertz CT molecular complexity index is 542. The molecule has 1 atom stereocenters. The van der Waals surface area contributed by atoms with Gasteiger partial charge in [-0.1, -0.05) is 12.1 Å². The van der Waals surface area contributed by atoms with Crippen LogP contribution in [0, 0.1) is 6.92 Å². The lowest BCUT2D eigenvalue weighted by Crippen LogP contribution is -2.28. The Balaban J connectivity index is 2.40. The van der Waals surface area contributed by atoms with Crippen LogP contribution in [-0.4, -0.2) is 7.11 Å². The van der Waals surface area contributed by atoms with Gasteiger partial charge in [0.25, 0.3) is 0 Å². The zero-order chi connectivity index (χ0) is 13.1. The van der Waals surface area contributed by atoms with Crippen molar-refractivity contribution in [3.05, 3.63) is 50.1 Å². The maximum absolute atomic E-state index is 5.69. The lowest BCUT2D eigenvalue weighted by atomic mass is 10.0. The van der Waals surface area contributed by atoms with Crippen LogP contribution in [0.25, 0.3) is 0 Å². The summed E-state index contributed by atoms with van der Waals surface area (Å²) in [7, 11) is 1.68. The second-order valence-corrected chi connectivity index (χ2v) is 5.76. The summed E-state index contributed by atoms with van der Waals surface area (Å²) < 4.78 is 6.34. The molecular weight excluding hydrogens is 312 g/mol. The lowest BCUT2D eigenvalue weighted by Gasteiger charge is -2.17. The third-order valence-electron chi connectivity index (χ3n) is 2.83. The standard InChI is InChI=1S/C13H15BrN2OS/c1-8-7-9(3-4-11(8)17-2)12(16-15)13-10(14)5-6-18-13/h3-7,12,16H,15H2,1-2H3. The Morgan fingerprint density at radius 3 is 2.67 bits per heavy atom. The number of hydrogen-bond acceptors (Lipinski definition) is 4. The molecule has 0 spiro atoms. The second-order valence-electron chi connectivity index (χ2n) is 3.96. The molecule has 0 radical (unpaired) electrons. The van der Waals surface area contributed by atoms with Gasteiger partial charge in [0.05, 0.1) is 13.2 Å². The molecule has 0 fully saturated rings. The number of rotatable bonds is 4. The highest BCUT2D eigenvalue weighted by molar-refractivity contribution is 9.10. The molecule has 0 aliphatic rings. The Kier molecular flexibility index (Phi) is 4.40. The van der Waals surface area contributed by atoms with Gasteiger partial charge in [-0.2, -0.15) is 0 Å². The van der Waals surface area contributed by atoms with Crippen LogP contribution in [0.3, 0.4) is 0 Å². The molecule has 2 aromatic rings. The minimum Gasteiger partial charge on any atom is -0.496 e. The van der Waals surface area contributed by atoms with Crippen LogP contribution in [0.2, 0.25) is 0 Å². The van der Waals surface area contributed by atoms with E-state index in [-0.39, 0.29) is 6.04 Å². The molecule has 0 bridgehead atoms. The van der Waals surface area contributed by atoms with E-state index in [0.29, 0.717) is 0 Å². The molecule has 0 aliphatic carbocycles. The average Bonchev–Trinajstić information content (AvgIpc) is 2.77. The van der Waals surface area contributed by atoms with Gasteiger partial charge in [0.1, 0.15) is 5.75 Å². The topological polar surface area (TPSA) is 47.3 Å². The number of hydrogen-bond donors (Lipinski definition) is 2. The maximum Gasteiger partial charge on any atom is 0.121 e. The van der Waals surface area contributed by atoms with Gasteiger partial charge < -0.3 is 4.74 Å². The number of ether oxygens (including phenoxy) is 1. The Morgan fingerprint density at radius 2 is 2.17 bits per heavy atom. The quantitative estimate of drug-likeness (QED) is 0.668. The van der Waals surface area contributed by atoms with Crippen LogP contribution in [0.15, 0.2) is 34.1 Å². The smallest absolute Gasteiger partial charge is 0.121 e. The highest BCUT2D eigenvalue weighted by Crippen LogP contribution is 2.34. The Labute approximate surface area is 119 Å². The monoisotopic (exact) mass is 326 g/mol. The van der Waals surface area contributed by atoms with E-state index in [1.54, 1.807) is 18.4 Å². The molecule has 3 nitrogen and oxygen atoms in total. The van der Waals surface area contributed by atoms with Crippen LogP contribution in [0.5, 0.6) is 5.75 Å². The van der Waals surface area contributed by atoms with Gasteiger partial charge in [-0.3, -0.25) is 5.84 Å². The first-order valence-corrected chi connectivity index (χ1v) is 7.18. The van der Waals surface area contributed by atoms with Crippen molar-refractivity contribution in [2.24, 2.45) is 5.84 Å². The fourth-order valence-corrected chi connectivity index (χ4v) is 3.60. The van der Waals surface area contributed by atoms with Crippen molar-refractivity contribution in [3.63, 3.8) is 0 Å². The molecule has 1 heterocycles. The minimum atomic E-state index is -0.0102. The van der Waals surface area contributed by atoms with Gasteiger partial charge >= 0.3 is 0 Å². The van der Waals surface area contributed by atoms with Crippen molar-refractivity contribution in [2.45, 2.75) is 13.0 Å². The minimum absolute atomic E-state index is 0.0102. The zero-order valence-electron chi connectivity index (χ0n) is 10.2. The van der Waals surface area contributed by atoms with Gasteiger partial charge in [0, 0.05) is 9.35 Å². The molecule has 0 aliphatic heterocycles. The molecule has 2 rings (SSSR count). The first kappa shape index (κ1) is 13.5. The summed E-state index contributed by atoms with van der Waals surface area (Å²) in [5, 5.41) is 2.04. The van der Waals surface area contributed by atoms with Crippen LogP contribution in [0.4, 0.5) is 0 Å². The number of benzene rings is 1. The van der Waals surface area contributed by atoms with Gasteiger partial charge in [-0.25, -0.2) is 5.43 Å². The van der Waals surface area contributed by atoms with Crippen molar-refractivity contribution in [1.29, 1.82) is 0 Å². The lowest BCUT2D eigenvalue weighted by molar-refractivity contribution is 0.411. The van der Waals surface area contributed by atoms with Crippen molar-refractivity contribution in [2.75, 3.05) is 7.11 Å². The summed E-state index contributed by atoms with van der Waals surface area (Å²) >= 11 is 5.21. The number of hydrazine groups is 1. The third-order valence-corrected chi connectivity index (χ3v) is 4.76. The highest BCUT2D eigenvalue weighted by Gasteiger charge is 2.17. The molecule has 1 aromatic heterocycles. The number of nitrogens with two attached hydrogens (primary N) is 1. The number of thiophene rings is 1. The average molecular weight is 327 g/mol. The van der Waals surface area contributed by atoms with E-state index in [0.717, 1.165) is 21.3 Å². The van der Waals surface area contributed by atoms with Crippen LogP contribution in [0.1, 0.15) is 22.0 Å². The summed E-state index contributed by atoms with van der Waals surface area (Å²) in [6.45, 7) is 2.03. The van der Waals surface area contributed by atoms with E-state index in [4.69, 9.17) is 10.6 Å². The van der Waals surface area contributed by atoms with Crippen LogP contribution >= 0.6 is 27.3 Å². The summed E-state index contributed by atoms with van der Waals surface area (Å²) in [4.78, 5) is 1.17. The van der Waals surface area contributed by atoms with Crippen molar-refractivity contribution in [1.82, 2.24) is 5.43 Å². The maximum atomic E-state index is 5.69. The van der Waals surface area contributed by atoms with Crippen LogP contribution < -0.4 is 16.0 Å². The molecule has 3 N–H and O–H groups in total. The number of nitrogens with one attached hydrogen (secondary N) is 1. The van der Waals surface area contributed by atoms with Gasteiger partial charge in [0.2, 0.25) is 0 Å². The van der Waals surface area contributed by atoms with E-state index >= 15 is 0 Å². The van der Waals surface area contributed by atoms with Gasteiger partial charge in [-0.15, -0.1) is 11.3 Å². The largest absolute Gasteiger partial charge is 0.496 e. The summed E-state index contributed by atoms with van der Waals surface area (Å²) in [5.74, 6) is 6.58. The number of methoxy groups -OCH3 is 1. The third kappa shape index (κ3) is 2.59. The summed E-state index contributed by atoms with van der Waals surface area (Å²) in [6.07, 6.45) is 0. The van der Waals surface area contributed by atoms with Crippen molar-refractivity contribution < 1.29 is 4.74 Å². The van der Waals surface area contributed by atoms with E-state index in [1.807, 2.05) is 30.5 Å². The number of aryl methyl sites for hydroxylation is 1. The Morgan fingerprint density at radius 1 is 1.39 bits per heavy atom. The van der Waals surface area contributed by atoms with E-state index < -0.39 is 0 Å². The van der Waals surface area contributed by atoms with Gasteiger partial charge in [0.15, 0.2) is 0 Å². The first-order valence-electron chi connectivity index (χ1n) is 5.51. The fraction of sp³-hybridized carbons (Fsp3) is 0.231. The van der Waals surface area contributed by atoms with E-state index in [2.05, 4.69) is 27.4 Å². The second kappa shape index (κ2) is 5.84. The Hall–Kier alpha value is -0.880. The summed E-state index contributed by atoms with van der Waals surface area (Å²) in [6, 6.07) is 8.11. The molecule has 18 heavy (non-hydrogen) atoms. The van der Waals surface area contributed by atoms with Crippen molar-refractivity contribution >= 4 is 27.3 Å². The fourth-order valence-electron chi connectivity index (χ4n) is 1.92. The zero-order valence-corrected chi connectivity index (χ0v) is 12.6. The molecule has 0 saturated carbocycles. The predicted molar refractivity (Wildman–Crippen MR) is 78.9 cm³/mol. The molecular formula is C13H15BrN2OS.